The number of aliphatic hydroxyl groups excluding tert-OH is 3. The summed E-state index contributed by atoms with van der Waals surface area (Å²) in [4.78, 5) is 0. The SMILES string of the molecule is OC[C@@H](O)[C@H](CO)OCC1CO1. The molecule has 3 atom stereocenters. The molecule has 0 aliphatic carbocycles. The molecule has 0 aromatic heterocycles. The highest BCUT2D eigenvalue weighted by molar-refractivity contribution is 4.72. The van der Waals surface area contributed by atoms with E-state index in [1.807, 2.05) is 0 Å². The van der Waals surface area contributed by atoms with Crippen LogP contribution in [0.2, 0.25) is 0 Å². The van der Waals surface area contributed by atoms with Crippen LogP contribution in [0, 0.1) is 0 Å². The molecule has 5 nitrogen and oxygen atoms in total. The Balaban J connectivity index is 2.13. The average Bonchev–Trinajstić information content (AvgIpc) is 2.88. The van der Waals surface area contributed by atoms with Gasteiger partial charge in [-0.15, -0.1) is 0 Å². The summed E-state index contributed by atoms with van der Waals surface area (Å²) in [5.41, 5.74) is 0. The molecule has 0 bridgehead atoms. The van der Waals surface area contributed by atoms with Gasteiger partial charge in [-0.2, -0.15) is 0 Å². The molecule has 5 heteroatoms. The monoisotopic (exact) mass is 178 g/mol. The number of ether oxygens (including phenoxy) is 2. The fraction of sp³-hybridized carbons (Fsp3) is 1.00. The van der Waals surface area contributed by atoms with Crippen molar-refractivity contribution in [3.8, 4) is 0 Å². The van der Waals surface area contributed by atoms with Crippen molar-refractivity contribution in [2.75, 3.05) is 26.4 Å². The summed E-state index contributed by atoms with van der Waals surface area (Å²) in [5.74, 6) is 0. The molecule has 0 amide bonds. The van der Waals surface area contributed by atoms with Gasteiger partial charge in [0, 0.05) is 0 Å². The van der Waals surface area contributed by atoms with E-state index in [4.69, 9.17) is 24.8 Å². The predicted octanol–water partition coefficient (Wildman–Crippen LogP) is -1.88. The summed E-state index contributed by atoms with van der Waals surface area (Å²) in [6, 6.07) is 0. The van der Waals surface area contributed by atoms with E-state index in [9.17, 15) is 0 Å². The summed E-state index contributed by atoms with van der Waals surface area (Å²) < 4.78 is 9.95. The van der Waals surface area contributed by atoms with E-state index >= 15 is 0 Å². The number of epoxide rings is 1. The molecular formula is C7H14O5. The van der Waals surface area contributed by atoms with Crippen LogP contribution in [0.5, 0.6) is 0 Å². The molecule has 1 unspecified atom stereocenters. The summed E-state index contributed by atoms with van der Waals surface area (Å²) in [5, 5.41) is 26.3. The number of hydrogen-bond acceptors (Lipinski definition) is 5. The molecule has 0 saturated carbocycles. The molecule has 3 N–H and O–H groups in total. The highest BCUT2D eigenvalue weighted by atomic mass is 16.6. The van der Waals surface area contributed by atoms with Gasteiger partial charge in [-0.3, -0.25) is 0 Å². The van der Waals surface area contributed by atoms with Crippen molar-refractivity contribution < 1.29 is 24.8 Å². The molecule has 1 rings (SSSR count). The van der Waals surface area contributed by atoms with Crippen molar-refractivity contribution >= 4 is 0 Å². The second-order valence-corrected chi connectivity index (χ2v) is 2.76. The molecule has 0 radical (unpaired) electrons. The van der Waals surface area contributed by atoms with E-state index in [2.05, 4.69) is 0 Å². The summed E-state index contributed by atoms with van der Waals surface area (Å²) in [7, 11) is 0. The second kappa shape index (κ2) is 4.74. The standard InChI is InChI=1S/C7H14O5/c8-1-6(10)7(2-9)12-4-5-3-11-5/h5-10H,1-4H2/t5?,6-,7+/m1/s1. The van der Waals surface area contributed by atoms with Crippen molar-refractivity contribution in [3.05, 3.63) is 0 Å². The third-order valence-corrected chi connectivity index (χ3v) is 1.69. The second-order valence-electron chi connectivity index (χ2n) is 2.76. The van der Waals surface area contributed by atoms with E-state index in [-0.39, 0.29) is 12.7 Å². The maximum Gasteiger partial charge on any atom is 0.109 e. The molecule has 1 aliphatic rings. The highest BCUT2D eigenvalue weighted by Crippen LogP contribution is 2.10. The fourth-order valence-corrected chi connectivity index (χ4v) is 0.798. The Morgan fingerprint density at radius 1 is 1.42 bits per heavy atom. The maximum atomic E-state index is 9.08. The lowest BCUT2D eigenvalue weighted by molar-refractivity contribution is -0.0823. The van der Waals surface area contributed by atoms with Crippen LogP contribution in [0.3, 0.4) is 0 Å². The molecule has 1 heterocycles. The first-order valence-electron chi connectivity index (χ1n) is 3.91. The zero-order chi connectivity index (χ0) is 8.97. The zero-order valence-electron chi connectivity index (χ0n) is 6.72. The molecule has 12 heavy (non-hydrogen) atoms. The minimum atomic E-state index is -1.02. The quantitative estimate of drug-likeness (QED) is 0.414. The van der Waals surface area contributed by atoms with Gasteiger partial charge in [-0.25, -0.2) is 0 Å². The van der Waals surface area contributed by atoms with Gasteiger partial charge in [0.05, 0.1) is 26.4 Å². The van der Waals surface area contributed by atoms with Crippen LogP contribution in [-0.2, 0) is 9.47 Å². The Labute approximate surface area is 70.5 Å². The van der Waals surface area contributed by atoms with E-state index in [1.54, 1.807) is 0 Å². The van der Waals surface area contributed by atoms with Crippen molar-refractivity contribution in [2.24, 2.45) is 0 Å². The molecule has 1 fully saturated rings. The Hall–Kier alpha value is -0.200. The lowest BCUT2D eigenvalue weighted by Crippen LogP contribution is -2.36. The first kappa shape index (κ1) is 9.88. The lowest BCUT2D eigenvalue weighted by atomic mass is 10.2. The van der Waals surface area contributed by atoms with Crippen LogP contribution >= 0.6 is 0 Å². The minimum absolute atomic E-state index is 0.102. The van der Waals surface area contributed by atoms with Gasteiger partial charge in [0.15, 0.2) is 0 Å². The van der Waals surface area contributed by atoms with Gasteiger partial charge < -0.3 is 24.8 Å². The molecule has 1 saturated heterocycles. The highest BCUT2D eigenvalue weighted by Gasteiger charge is 2.26. The van der Waals surface area contributed by atoms with E-state index in [0.29, 0.717) is 13.2 Å². The third-order valence-electron chi connectivity index (χ3n) is 1.69. The smallest absolute Gasteiger partial charge is 0.109 e. The Morgan fingerprint density at radius 3 is 2.50 bits per heavy atom. The van der Waals surface area contributed by atoms with Crippen molar-refractivity contribution in [3.63, 3.8) is 0 Å². The van der Waals surface area contributed by atoms with Gasteiger partial charge in [-0.05, 0) is 0 Å². The van der Waals surface area contributed by atoms with Gasteiger partial charge in [-0.1, -0.05) is 0 Å². The van der Waals surface area contributed by atoms with Gasteiger partial charge in [0.1, 0.15) is 18.3 Å². The zero-order valence-corrected chi connectivity index (χ0v) is 6.72. The largest absolute Gasteiger partial charge is 0.394 e. The predicted molar refractivity (Wildman–Crippen MR) is 39.7 cm³/mol. The summed E-state index contributed by atoms with van der Waals surface area (Å²) >= 11 is 0. The Morgan fingerprint density at radius 2 is 2.08 bits per heavy atom. The van der Waals surface area contributed by atoms with Crippen LogP contribution in [0.1, 0.15) is 0 Å². The average molecular weight is 178 g/mol. The van der Waals surface area contributed by atoms with Crippen LogP contribution in [0.25, 0.3) is 0 Å². The molecular weight excluding hydrogens is 164 g/mol. The molecule has 0 spiro atoms. The maximum absolute atomic E-state index is 9.08. The van der Waals surface area contributed by atoms with Crippen LogP contribution in [0.15, 0.2) is 0 Å². The lowest BCUT2D eigenvalue weighted by Gasteiger charge is -2.18. The van der Waals surface area contributed by atoms with Crippen LogP contribution in [-0.4, -0.2) is 60.1 Å². The molecule has 1 aliphatic heterocycles. The minimum Gasteiger partial charge on any atom is -0.394 e. The first-order valence-corrected chi connectivity index (χ1v) is 3.91. The molecule has 72 valence electrons. The van der Waals surface area contributed by atoms with E-state index < -0.39 is 18.8 Å². The summed E-state index contributed by atoms with van der Waals surface area (Å²) in [6.07, 6.45) is -1.63. The van der Waals surface area contributed by atoms with Crippen molar-refractivity contribution in [1.29, 1.82) is 0 Å². The molecule has 0 aromatic rings. The number of hydrogen-bond donors (Lipinski definition) is 3. The number of rotatable bonds is 6. The van der Waals surface area contributed by atoms with Gasteiger partial charge in [0.2, 0.25) is 0 Å². The Kier molecular flexibility index (Phi) is 3.90. The van der Waals surface area contributed by atoms with Crippen LogP contribution in [0.4, 0.5) is 0 Å². The van der Waals surface area contributed by atoms with E-state index in [1.165, 1.54) is 0 Å². The topological polar surface area (TPSA) is 82.5 Å². The van der Waals surface area contributed by atoms with Crippen molar-refractivity contribution in [1.82, 2.24) is 0 Å². The summed E-state index contributed by atoms with van der Waals surface area (Å²) in [6.45, 7) is 0.334. The first-order chi connectivity index (χ1) is 5.77. The van der Waals surface area contributed by atoms with Crippen molar-refractivity contribution in [2.45, 2.75) is 18.3 Å². The van der Waals surface area contributed by atoms with Gasteiger partial charge >= 0.3 is 0 Å². The number of aliphatic hydroxyl groups is 3. The van der Waals surface area contributed by atoms with E-state index in [0.717, 1.165) is 0 Å². The third kappa shape index (κ3) is 3.04. The molecule has 0 aromatic carbocycles. The normalized spacial score (nSPS) is 26.8. The Bertz CT molecular complexity index is 125. The fourth-order valence-electron chi connectivity index (χ4n) is 0.798. The van der Waals surface area contributed by atoms with Gasteiger partial charge in [0.25, 0.3) is 0 Å². The van der Waals surface area contributed by atoms with Crippen LogP contribution < -0.4 is 0 Å².